The van der Waals surface area contributed by atoms with Crippen LogP contribution in [0.2, 0.25) is 0 Å². The summed E-state index contributed by atoms with van der Waals surface area (Å²) in [5.41, 5.74) is 6.15. The van der Waals surface area contributed by atoms with E-state index < -0.39 is 5.82 Å². The van der Waals surface area contributed by atoms with E-state index in [4.69, 9.17) is 10.5 Å². The van der Waals surface area contributed by atoms with E-state index in [9.17, 15) is 4.39 Å². The molecule has 0 unspecified atom stereocenters. The first-order chi connectivity index (χ1) is 5.65. The molecule has 3 nitrogen and oxygen atoms in total. The average molecular weight is 170 g/mol. The molecule has 0 saturated heterocycles. The zero-order valence-electron chi connectivity index (χ0n) is 7.04. The lowest BCUT2D eigenvalue weighted by Crippen LogP contribution is -2.08. The Balaban J connectivity index is 3.12. The van der Waals surface area contributed by atoms with Gasteiger partial charge in [-0.1, -0.05) is 0 Å². The summed E-state index contributed by atoms with van der Waals surface area (Å²) in [5, 5.41) is 0. The Morgan fingerprint density at radius 3 is 2.83 bits per heavy atom. The van der Waals surface area contributed by atoms with Crippen LogP contribution in [0.4, 0.5) is 4.39 Å². The highest BCUT2D eigenvalue weighted by Gasteiger charge is 2.09. The Labute approximate surface area is 70.4 Å². The first kappa shape index (κ1) is 8.93. The fourth-order valence-electron chi connectivity index (χ4n) is 0.939. The third kappa shape index (κ3) is 1.71. The van der Waals surface area contributed by atoms with Gasteiger partial charge in [-0.25, -0.2) is 9.37 Å². The van der Waals surface area contributed by atoms with Crippen LogP contribution in [0.5, 0.6) is 5.88 Å². The van der Waals surface area contributed by atoms with Gasteiger partial charge < -0.3 is 10.5 Å². The molecule has 66 valence electrons. The summed E-state index contributed by atoms with van der Waals surface area (Å²) >= 11 is 0. The molecule has 0 fully saturated rings. The van der Waals surface area contributed by atoms with Crippen molar-refractivity contribution in [2.75, 3.05) is 7.11 Å². The lowest BCUT2D eigenvalue weighted by atomic mass is 10.1. The minimum absolute atomic E-state index is 0.275. The minimum atomic E-state index is -0.400. The fraction of sp³-hybridized carbons (Fsp3) is 0.375. The van der Waals surface area contributed by atoms with E-state index >= 15 is 0 Å². The van der Waals surface area contributed by atoms with Gasteiger partial charge in [0.15, 0.2) is 0 Å². The van der Waals surface area contributed by atoms with Crippen molar-refractivity contribution < 1.29 is 9.13 Å². The van der Waals surface area contributed by atoms with Gasteiger partial charge >= 0.3 is 0 Å². The van der Waals surface area contributed by atoms with Crippen LogP contribution in [-0.2, 0) is 0 Å². The zero-order chi connectivity index (χ0) is 9.14. The van der Waals surface area contributed by atoms with Gasteiger partial charge in [0.2, 0.25) is 5.88 Å². The maximum Gasteiger partial charge on any atom is 0.218 e. The molecule has 0 bridgehead atoms. The molecule has 0 aromatic carbocycles. The van der Waals surface area contributed by atoms with Gasteiger partial charge in [0.25, 0.3) is 0 Å². The van der Waals surface area contributed by atoms with Crippen LogP contribution < -0.4 is 10.5 Å². The van der Waals surface area contributed by atoms with Crippen molar-refractivity contribution in [3.63, 3.8) is 0 Å². The highest BCUT2D eigenvalue weighted by atomic mass is 19.1. The Morgan fingerprint density at radius 1 is 1.67 bits per heavy atom. The molecule has 0 spiro atoms. The number of methoxy groups -OCH3 is 1. The van der Waals surface area contributed by atoms with E-state index in [0.29, 0.717) is 11.4 Å². The van der Waals surface area contributed by atoms with Crippen LogP contribution in [0.1, 0.15) is 18.5 Å². The first-order valence-corrected chi connectivity index (χ1v) is 3.60. The second-order valence-electron chi connectivity index (χ2n) is 2.54. The van der Waals surface area contributed by atoms with E-state index in [0.717, 1.165) is 6.20 Å². The topological polar surface area (TPSA) is 48.1 Å². The number of rotatable bonds is 2. The van der Waals surface area contributed by atoms with Crippen molar-refractivity contribution in [2.24, 2.45) is 5.73 Å². The summed E-state index contributed by atoms with van der Waals surface area (Å²) in [6, 6.07) is 1.05. The smallest absolute Gasteiger partial charge is 0.218 e. The van der Waals surface area contributed by atoms with Crippen LogP contribution in [0.25, 0.3) is 0 Å². The van der Waals surface area contributed by atoms with Gasteiger partial charge in [0.1, 0.15) is 5.82 Å². The van der Waals surface area contributed by atoms with Crippen LogP contribution in [0.3, 0.4) is 0 Å². The molecule has 1 heterocycles. The van der Waals surface area contributed by atoms with Crippen molar-refractivity contribution in [1.29, 1.82) is 0 Å². The second kappa shape index (κ2) is 3.49. The molecule has 0 amide bonds. The summed E-state index contributed by atoms with van der Waals surface area (Å²) in [6.07, 6.45) is 1.10. The minimum Gasteiger partial charge on any atom is -0.481 e. The number of hydrogen-bond acceptors (Lipinski definition) is 3. The molecule has 0 radical (unpaired) electrons. The Morgan fingerprint density at radius 2 is 2.33 bits per heavy atom. The van der Waals surface area contributed by atoms with Crippen LogP contribution >= 0.6 is 0 Å². The van der Waals surface area contributed by atoms with E-state index in [1.54, 1.807) is 6.92 Å². The molecule has 0 aliphatic heterocycles. The molecule has 1 aromatic rings. The standard InChI is InChI=1S/C8H11FN2O/c1-5(10)7-3-6(9)4-11-8(7)12-2/h3-5H,10H2,1-2H3/t5-/m0/s1. The fourth-order valence-corrected chi connectivity index (χ4v) is 0.939. The zero-order valence-corrected chi connectivity index (χ0v) is 7.04. The van der Waals surface area contributed by atoms with E-state index in [1.165, 1.54) is 13.2 Å². The molecule has 1 aromatic heterocycles. The first-order valence-electron chi connectivity index (χ1n) is 3.60. The van der Waals surface area contributed by atoms with E-state index in [1.807, 2.05) is 0 Å². The molecule has 1 rings (SSSR count). The molecule has 0 aliphatic rings. The Bertz CT molecular complexity index is 276. The Kier molecular flexibility index (Phi) is 2.60. The molecule has 4 heteroatoms. The van der Waals surface area contributed by atoms with Crippen LogP contribution in [0, 0.1) is 5.82 Å². The molecular formula is C8H11FN2O. The van der Waals surface area contributed by atoms with Crippen LogP contribution in [0.15, 0.2) is 12.3 Å². The number of aromatic nitrogens is 1. The number of nitrogens with zero attached hydrogens (tertiary/aromatic N) is 1. The van der Waals surface area contributed by atoms with Crippen molar-refractivity contribution in [3.8, 4) is 5.88 Å². The normalized spacial score (nSPS) is 12.7. The average Bonchev–Trinajstić information content (AvgIpc) is 2.04. The molecule has 0 aliphatic carbocycles. The summed E-state index contributed by atoms with van der Waals surface area (Å²) in [5.74, 6) is -0.0190. The third-order valence-corrected chi connectivity index (χ3v) is 1.53. The van der Waals surface area contributed by atoms with Gasteiger partial charge in [-0.05, 0) is 13.0 Å². The lowest BCUT2D eigenvalue weighted by Gasteiger charge is -2.09. The van der Waals surface area contributed by atoms with E-state index in [2.05, 4.69) is 4.98 Å². The maximum atomic E-state index is 12.7. The van der Waals surface area contributed by atoms with Crippen molar-refractivity contribution in [3.05, 3.63) is 23.6 Å². The summed E-state index contributed by atoms with van der Waals surface area (Å²) < 4.78 is 17.6. The lowest BCUT2D eigenvalue weighted by molar-refractivity contribution is 0.387. The SMILES string of the molecule is COc1ncc(F)cc1[C@H](C)N. The van der Waals surface area contributed by atoms with Crippen LogP contribution in [-0.4, -0.2) is 12.1 Å². The molecule has 1 atom stereocenters. The number of ether oxygens (including phenoxy) is 1. The highest BCUT2D eigenvalue weighted by molar-refractivity contribution is 5.28. The van der Waals surface area contributed by atoms with Gasteiger partial charge in [-0.15, -0.1) is 0 Å². The predicted molar refractivity (Wildman–Crippen MR) is 43.3 cm³/mol. The van der Waals surface area contributed by atoms with Gasteiger partial charge in [-0.2, -0.15) is 0 Å². The van der Waals surface area contributed by atoms with Crippen molar-refractivity contribution in [1.82, 2.24) is 4.98 Å². The predicted octanol–water partition coefficient (Wildman–Crippen LogP) is 1.25. The number of halogens is 1. The highest BCUT2D eigenvalue weighted by Crippen LogP contribution is 2.20. The number of pyridine rings is 1. The number of hydrogen-bond donors (Lipinski definition) is 1. The summed E-state index contributed by atoms with van der Waals surface area (Å²) in [7, 11) is 1.48. The molecule has 2 N–H and O–H groups in total. The summed E-state index contributed by atoms with van der Waals surface area (Å²) in [4.78, 5) is 3.74. The number of nitrogens with two attached hydrogens (primary N) is 1. The van der Waals surface area contributed by atoms with Gasteiger partial charge in [-0.3, -0.25) is 0 Å². The van der Waals surface area contributed by atoms with Gasteiger partial charge in [0.05, 0.1) is 13.3 Å². The van der Waals surface area contributed by atoms with Crippen molar-refractivity contribution >= 4 is 0 Å². The third-order valence-electron chi connectivity index (χ3n) is 1.53. The maximum absolute atomic E-state index is 12.7. The quantitative estimate of drug-likeness (QED) is 0.726. The van der Waals surface area contributed by atoms with E-state index in [-0.39, 0.29) is 6.04 Å². The van der Waals surface area contributed by atoms with Gasteiger partial charge in [0, 0.05) is 11.6 Å². The largest absolute Gasteiger partial charge is 0.481 e. The monoisotopic (exact) mass is 170 g/mol. The Hall–Kier alpha value is -1.16. The summed E-state index contributed by atoms with van der Waals surface area (Å²) in [6.45, 7) is 1.75. The molecule has 0 saturated carbocycles. The molecule has 12 heavy (non-hydrogen) atoms. The van der Waals surface area contributed by atoms with Crippen molar-refractivity contribution in [2.45, 2.75) is 13.0 Å². The molecular weight excluding hydrogens is 159 g/mol. The second-order valence-corrected chi connectivity index (χ2v) is 2.54.